The van der Waals surface area contributed by atoms with Crippen LogP contribution in [0.5, 0.6) is 0 Å². The van der Waals surface area contributed by atoms with Gasteiger partial charge in [0.1, 0.15) is 12.3 Å². The number of hydrogen-bond acceptors (Lipinski definition) is 4. The van der Waals surface area contributed by atoms with Gasteiger partial charge in [0.25, 0.3) is 0 Å². The number of guanidine groups is 1. The molecule has 1 aromatic heterocycles. The van der Waals surface area contributed by atoms with E-state index in [1.807, 2.05) is 19.1 Å². The number of nitrogens with one attached hydrogen (secondary N) is 3. The molecular formula is C17H31IN4O3. The fraction of sp³-hybridized carbons (Fsp3) is 0.647. The molecule has 1 heterocycles. The molecular weight excluding hydrogens is 435 g/mol. The highest BCUT2D eigenvalue weighted by Crippen LogP contribution is 2.05. The molecule has 0 aliphatic rings. The van der Waals surface area contributed by atoms with Crippen molar-refractivity contribution in [2.75, 3.05) is 19.7 Å². The molecule has 144 valence electrons. The smallest absolute Gasteiger partial charge is 0.407 e. The predicted octanol–water partition coefficient (Wildman–Crippen LogP) is 3.11. The third kappa shape index (κ3) is 10.9. The highest BCUT2D eigenvalue weighted by Gasteiger charge is 2.15. The fourth-order valence-electron chi connectivity index (χ4n) is 2.22. The average Bonchev–Trinajstić information content (AvgIpc) is 3.03. The molecule has 7 nitrogen and oxygen atoms in total. The summed E-state index contributed by atoms with van der Waals surface area (Å²) in [7, 11) is 0. The summed E-state index contributed by atoms with van der Waals surface area (Å²) in [4.78, 5) is 16.1. The van der Waals surface area contributed by atoms with Crippen molar-refractivity contribution in [3.63, 3.8) is 0 Å². The van der Waals surface area contributed by atoms with Crippen LogP contribution in [-0.2, 0) is 11.3 Å². The summed E-state index contributed by atoms with van der Waals surface area (Å²) >= 11 is 0. The number of aliphatic imine (C=N–C) groups is 1. The first kappa shape index (κ1) is 23.5. The Morgan fingerprint density at radius 2 is 2.08 bits per heavy atom. The Bertz CT molecular complexity index is 492. The maximum Gasteiger partial charge on any atom is 0.407 e. The van der Waals surface area contributed by atoms with E-state index in [1.54, 1.807) is 13.2 Å². The third-order valence-electron chi connectivity index (χ3n) is 3.19. The van der Waals surface area contributed by atoms with Crippen LogP contribution in [0, 0.1) is 5.92 Å². The van der Waals surface area contributed by atoms with Gasteiger partial charge in [-0.1, -0.05) is 13.8 Å². The van der Waals surface area contributed by atoms with Gasteiger partial charge in [0, 0.05) is 19.1 Å². The van der Waals surface area contributed by atoms with Crippen LogP contribution in [0.15, 0.2) is 27.8 Å². The van der Waals surface area contributed by atoms with E-state index in [1.165, 1.54) is 0 Å². The van der Waals surface area contributed by atoms with Crippen molar-refractivity contribution in [1.82, 2.24) is 16.0 Å². The summed E-state index contributed by atoms with van der Waals surface area (Å²) in [6.45, 7) is 10.2. The van der Waals surface area contributed by atoms with Crippen molar-refractivity contribution in [2.24, 2.45) is 10.9 Å². The van der Waals surface area contributed by atoms with E-state index in [2.05, 4.69) is 34.8 Å². The van der Waals surface area contributed by atoms with Crippen molar-refractivity contribution >= 4 is 36.0 Å². The maximum atomic E-state index is 11.7. The normalized spacial score (nSPS) is 12.3. The monoisotopic (exact) mass is 466 g/mol. The molecule has 3 N–H and O–H groups in total. The van der Waals surface area contributed by atoms with Gasteiger partial charge in [-0.2, -0.15) is 0 Å². The Kier molecular flexibility index (Phi) is 13.0. The number of ether oxygens (including phenoxy) is 1. The molecule has 0 saturated carbocycles. The first-order valence-corrected chi connectivity index (χ1v) is 8.52. The second-order valence-electron chi connectivity index (χ2n) is 5.85. The predicted molar refractivity (Wildman–Crippen MR) is 110 cm³/mol. The molecule has 1 amide bonds. The lowest BCUT2D eigenvalue weighted by Gasteiger charge is -2.22. The molecule has 8 heteroatoms. The first-order valence-electron chi connectivity index (χ1n) is 8.52. The SMILES string of the molecule is CCNC(=NCc1ccco1)NCC(CC(C)C)NC(=O)OCC.I. The van der Waals surface area contributed by atoms with Crippen molar-refractivity contribution in [3.8, 4) is 0 Å². The van der Waals surface area contributed by atoms with Gasteiger partial charge >= 0.3 is 6.09 Å². The Labute approximate surface area is 167 Å². The highest BCUT2D eigenvalue weighted by atomic mass is 127. The number of alkyl carbamates (subject to hydrolysis) is 1. The molecule has 1 rings (SSSR count). The molecule has 0 aromatic carbocycles. The molecule has 25 heavy (non-hydrogen) atoms. The van der Waals surface area contributed by atoms with E-state index in [0.29, 0.717) is 31.6 Å². The van der Waals surface area contributed by atoms with E-state index in [4.69, 9.17) is 9.15 Å². The fourth-order valence-corrected chi connectivity index (χ4v) is 2.22. The van der Waals surface area contributed by atoms with Crippen LogP contribution in [0.25, 0.3) is 0 Å². The number of furan rings is 1. The zero-order valence-corrected chi connectivity index (χ0v) is 17.8. The Morgan fingerprint density at radius 3 is 2.64 bits per heavy atom. The maximum absolute atomic E-state index is 11.7. The molecule has 1 aromatic rings. The lowest BCUT2D eigenvalue weighted by atomic mass is 10.0. The van der Waals surface area contributed by atoms with Crippen LogP contribution in [0.1, 0.15) is 39.9 Å². The Hall–Kier alpha value is -1.45. The molecule has 1 unspecified atom stereocenters. The topological polar surface area (TPSA) is 87.9 Å². The first-order chi connectivity index (χ1) is 11.5. The molecule has 0 spiro atoms. The second kappa shape index (κ2) is 13.8. The number of carbonyl (C=O) groups excluding carboxylic acids is 1. The number of amides is 1. The summed E-state index contributed by atoms with van der Waals surface area (Å²) in [6, 6.07) is 3.70. The molecule has 0 fully saturated rings. The Balaban J connectivity index is 0.00000576. The van der Waals surface area contributed by atoms with Crippen molar-refractivity contribution in [3.05, 3.63) is 24.2 Å². The van der Waals surface area contributed by atoms with E-state index in [0.717, 1.165) is 18.7 Å². The van der Waals surface area contributed by atoms with Gasteiger partial charge in [-0.15, -0.1) is 24.0 Å². The van der Waals surface area contributed by atoms with Crippen LogP contribution < -0.4 is 16.0 Å². The van der Waals surface area contributed by atoms with Crippen LogP contribution in [-0.4, -0.2) is 37.8 Å². The van der Waals surface area contributed by atoms with Gasteiger partial charge in [0.2, 0.25) is 0 Å². The largest absolute Gasteiger partial charge is 0.467 e. The van der Waals surface area contributed by atoms with Crippen LogP contribution in [0.3, 0.4) is 0 Å². The van der Waals surface area contributed by atoms with Crippen molar-refractivity contribution in [2.45, 2.75) is 46.7 Å². The lowest BCUT2D eigenvalue weighted by molar-refractivity contribution is 0.146. The summed E-state index contributed by atoms with van der Waals surface area (Å²) < 4.78 is 10.3. The molecule has 0 saturated heterocycles. The standard InChI is InChI=1S/C17H30N4O3.HI/c1-5-18-16(20-12-15-8-7-9-24-15)19-11-14(10-13(3)4)21-17(22)23-6-2;/h7-9,13-14H,5-6,10-12H2,1-4H3,(H,21,22)(H2,18,19,20);1H. The van der Waals surface area contributed by atoms with E-state index >= 15 is 0 Å². The highest BCUT2D eigenvalue weighted by molar-refractivity contribution is 14.0. The van der Waals surface area contributed by atoms with Gasteiger partial charge in [-0.05, 0) is 38.3 Å². The number of hydrogen-bond donors (Lipinski definition) is 3. The zero-order chi connectivity index (χ0) is 17.8. The van der Waals surface area contributed by atoms with Crippen LogP contribution in [0.2, 0.25) is 0 Å². The average molecular weight is 466 g/mol. The van der Waals surface area contributed by atoms with Gasteiger partial charge in [-0.25, -0.2) is 9.79 Å². The minimum absolute atomic E-state index is 0. The Morgan fingerprint density at radius 1 is 1.32 bits per heavy atom. The summed E-state index contributed by atoms with van der Waals surface area (Å²) in [5.41, 5.74) is 0. The van der Waals surface area contributed by atoms with Crippen molar-refractivity contribution in [1.29, 1.82) is 0 Å². The van der Waals surface area contributed by atoms with Crippen LogP contribution in [0.4, 0.5) is 4.79 Å². The molecule has 1 atom stereocenters. The minimum Gasteiger partial charge on any atom is -0.467 e. The molecule has 0 aliphatic carbocycles. The number of rotatable bonds is 9. The van der Waals surface area contributed by atoms with E-state index in [-0.39, 0.29) is 36.1 Å². The molecule has 0 bridgehead atoms. The lowest BCUT2D eigenvalue weighted by Crippen LogP contribution is -2.47. The molecule has 0 aliphatic heterocycles. The quantitative estimate of drug-likeness (QED) is 0.296. The minimum atomic E-state index is -0.387. The second-order valence-corrected chi connectivity index (χ2v) is 5.85. The third-order valence-corrected chi connectivity index (χ3v) is 3.19. The van der Waals surface area contributed by atoms with Gasteiger partial charge < -0.3 is 25.1 Å². The summed E-state index contributed by atoms with van der Waals surface area (Å²) in [6.07, 6.45) is 2.10. The van der Waals surface area contributed by atoms with E-state index < -0.39 is 0 Å². The summed E-state index contributed by atoms with van der Waals surface area (Å²) in [5.74, 6) is 1.95. The van der Waals surface area contributed by atoms with E-state index in [9.17, 15) is 4.79 Å². The number of halogens is 1. The van der Waals surface area contributed by atoms with Crippen LogP contribution >= 0.6 is 24.0 Å². The molecule has 0 radical (unpaired) electrons. The zero-order valence-electron chi connectivity index (χ0n) is 15.5. The number of carbonyl (C=O) groups is 1. The van der Waals surface area contributed by atoms with Crippen molar-refractivity contribution < 1.29 is 13.9 Å². The summed E-state index contributed by atoms with van der Waals surface area (Å²) in [5, 5.41) is 9.34. The number of nitrogens with zero attached hydrogens (tertiary/aromatic N) is 1. The van der Waals surface area contributed by atoms with Gasteiger partial charge in [0.05, 0.1) is 12.9 Å². The van der Waals surface area contributed by atoms with Gasteiger partial charge in [-0.3, -0.25) is 0 Å². The van der Waals surface area contributed by atoms with Gasteiger partial charge in [0.15, 0.2) is 5.96 Å².